The topological polar surface area (TPSA) is 480 Å². The second kappa shape index (κ2) is 40.0. The van der Waals surface area contributed by atoms with Gasteiger partial charge in [0.25, 0.3) is 29.5 Å². The van der Waals surface area contributed by atoms with Gasteiger partial charge in [0.15, 0.2) is 29.1 Å². The lowest BCUT2D eigenvalue weighted by Crippen LogP contribution is -2.14. The number of nitrogens with one attached hydrogen (secondary N) is 1. The van der Waals surface area contributed by atoms with Gasteiger partial charge in [0.2, 0.25) is 0 Å². The van der Waals surface area contributed by atoms with Crippen molar-refractivity contribution in [3.8, 4) is 56.9 Å². The molecule has 0 saturated carbocycles. The monoisotopic (exact) mass is 1770 g/mol. The zero-order valence-electron chi connectivity index (χ0n) is 70.5. The third-order valence-corrected chi connectivity index (χ3v) is 18.5. The van der Waals surface area contributed by atoms with E-state index in [9.17, 15) is 54.7 Å². The summed E-state index contributed by atoms with van der Waals surface area (Å²) in [5.74, 6) is -2.08. The van der Waals surface area contributed by atoms with Crippen molar-refractivity contribution in [1.29, 1.82) is 0 Å². The largest absolute Gasteiger partial charge is 0.416 e. The van der Waals surface area contributed by atoms with Crippen LogP contribution >= 0.6 is 0 Å². The summed E-state index contributed by atoms with van der Waals surface area (Å²) < 4.78 is 99.7. The van der Waals surface area contributed by atoms with Crippen LogP contribution in [0.3, 0.4) is 0 Å². The minimum absolute atomic E-state index is 0.0200. The minimum Gasteiger partial charge on any atom is -0.366 e. The number of nitrogens with two attached hydrogens (primary N) is 5. The van der Waals surface area contributed by atoms with E-state index in [1.807, 2.05) is 96.1 Å². The number of pyridine rings is 1. The lowest BCUT2D eigenvalue weighted by Gasteiger charge is -2.09. The standard InChI is InChI=1S/C20H18N6O.C18H13F4N5O.C17H15F3N6O.2C17H16N6O/c1-12-5-13(2)7-16(6-12)20-22-11-26(25-20)10-17(19(21)27)14-3-4-15-9-23-24-18(15)8-14;1-10-2-11(4-13(3-10)18(20,21)22)17-25-9-27(26-17)8-15(16(23)28)12-5-14(19)7-24-6-12;1-10-3-11(5-13(4-10)17(18,19)20)16-22-9-26(24-16)8-14(15(21)27)12-6-23-25(2)7-12;1-11-3-12(2)5-13(4-11)17-21-10-23(22-17)8-15(16(18)24)14-6-19-9-20-7-14;1-11-5-12(2)7-14(6-11)17-19-10-23(22-17)9-15(16(18)24)13-3-4-20-21-8-13/h3-11H,1-2H3,(H2,21,27)(H,23,24);2-9H,1H3,(H2,23,28);3-9H,1-2H3,(H2,21,27);2*3-10H,1-2H3,(H2,18,24)/b17-10+;15-8+;14-8+;15-8-;15-9+. The number of amides is 5. The van der Waals surface area contributed by atoms with E-state index in [0.29, 0.717) is 56.4 Å². The first-order valence-electron chi connectivity index (χ1n) is 38.7. The lowest BCUT2D eigenvalue weighted by atomic mass is 10.1. The molecule has 10 heterocycles. The number of alkyl halides is 6. The van der Waals surface area contributed by atoms with Crippen LogP contribution in [0.15, 0.2) is 215 Å². The first-order chi connectivity index (χ1) is 61.8. The number of fused-ring (bicyclic) bond motifs is 1. The number of hydrogen-bond donors (Lipinski definition) is 6. The molecule has 41 heteroatoms. The number of aryl methyl sites for hydroxylation is 9. The predicted octanol–water partition coefficient (Wildman–Crippen LogP) is 12.4. The van der Waals surface area contributed by atoms with Crippen molar-refractivity contribution in [2.45, 2.75) is 67.7 Å². The Balaban J connectivity index is 0.000000147. The van der Waals surface area contributed by atoms with Crippen LogP contribution in [0.25, 0.3) is 127 Å². The van der Waals surface area contributed by atoms with Gasteiger partial charge in [-0.3, -0.25) is 38.7 Å². The quantitative estimate of drug-likeness (QED) is 0.0305. The van der Waals surface area contributed by atoms with Gasteiger partial charge in [-0.2, -0.15) is 46.7 Å². The first kappa shape index (κ1) is 91.8. The van der Waals surface area contributed by atoms with Crippen LogP contribution in [-0.4, -0.2) is 148 Å². The van der Waals surface area contributed by atoms with Crippen molar-refractivity contribution < 1.29 is 54.7 Å². The number of hydrogen-bond acceptors (Lipinski definition) is 22. The molecule has 130 heavy (non-hydrogen) atoms. The molecule has 6 aromatic carbocycles. The van der Waals surface area contributed by atoms with E-state index in [0.717, 1.165) is 102 Å². The Hall–Kier alpha value is -17.4. The van der Waals surface area contributed by atoms with Crippen molar-refractivity contribution in [2.24, 2.45) is 35.7 Å². The summed E-state index contributed by atoms with van der Waals surface area (Å²) in [5.41, 5.74) is 40.6. The van der Waals surface area contributed by atoms with Gasteiger partial charge in [0, 0.05) is 118 Å². The highest BCUT2D eigenvalue weighted by Crippen LogP contribution is 2.35. The molecule has 16 aromatic rings. The Morgan fingerprint density at radius 2 is 0.700 bits per heavy atom. The molecule has 0 atom stereocenters. The fraction of sp³-hybridized carbons (Fsp3) is 0.124. The van der Waals surface area contributed by atoms with Crippen LogP contribution in [-0.2, 0) is 43.4 Å². The second-order valence-electron chi connectivity index (χ2n) is 29.3. The number of halogens is 7. The van der Waals surface area contributed by atoms with Gasteiger partial charge in [0.1, 0.15) is 43.8 Å². The van der Waals surface area contributed by atoms with Gasteiger partial charge in [0.05, 0.1) is 75.5 Å². The maximum absolute atomic E-state index is 13.4. The normalized spacial score (nSPS) is 11.9. The first-order valence-corrected chi connectivity index (χ1v) is 38.7. The molecule has 5 amide bonds. The van der Waals surface area contributed by atoms with Gasteiger partial charge in [-0.15, -0.1) is 25.5 Å². The van der Waals surface area contributed by atoms with Gasteiger partial charge in [-0.05, 0) is 163 Å². The number of H-pyrrole nitrogens is 1. The molecule has 0 aliphatic rings. The summed E-state index contributed by atoms with van der Waals surface area (Å²) in [6.07, 6.45) is 19.7. The Kier molecular flexibility index (Phi) is 28.3. The highest BCUT2D eigenvalue weighted by molar-refractivity contribution is 6.24. The summed E-state index contributed by atoms with van der Waals surface area (Å²) in [6.45, 7) is 15.2. The molecular weight excluding hydrogens is 1690 g/mol. The maximum Gasteiger partial charge on any atom is 0.416 e. The highest BCUT2D eigenvalue weighted by Gasteiger charge is 2.33. The van der Waals surface area contributed by atoms with E-state index < -0.39 is 58.8 Å². The highest BCUT2D eigenvalue weighted by atomic mass is 19.4. The van der Waals surface area contributed by atoms with Crippen LogP contribution in [0, 0.1) is 61.2 Å². The number of carbonyl (C=O) groups is 5. The Morgan fingerprint density at radius 3 is 1.05 bits per heavy atom. The molecule has 10 aromatic heterocycles. The zero-order valence-corrected chi connectivity index (χ0v) is 70.5. The molecule has 16 rings (SSSR count). The second-order valence-corrected chi connectivity index (χ2v) is 29.3. The average Bonchev–Trinajstić information content (AvgIpc) is 1.76. The van der Waals surface area contributed by atoms with Gasteiger partial charge in [-0.1, -0.05) is 63.7 Å². The van der Waals surface area contributed by atoms with Crippen LogP contribution in [0.5, 0.6) is 0 Å². The van der Waals surface area contributed by atoms with Gasteiger partial charge in [-0.25, -0.2) is 62.7 Å². The van der Waals surface area contributed by atoms with Crippen LogP contribution in [0.1, 0.15) is 83.5 Å². The zero-order chi connectivity index (χ0) is 93.4. The number of aromatic amines is 1. The molecule has 0 spiro atoms. The van der Waals surface area contributed by atoms with E-state index in [2.05, 4.69) is 109 Å². The van der Waals surface area contributed by atoms with Crippen molar-refractivity contribution in [2.75, 3.05) is 0 Å². The number of primary amides is 5. The molecule has 0 bridgehead atoms. The summed E-state index contributed by atoms with van der Waals surface area (Å²) in [5, 5.41) is 40.7. The summed E-state index contributed by atoms with van der Waals surface area (Å²) in [6, 6.07) is 33.7. The number of rotatable bonds is 20. The van der Waals surface area contributed by atoms with Crippen molar-refractivity contribution in [3.63, 3.8) is 0 Å². The molecule has 11 N–H and O–H groups in total. The number of nitrogens with zero attached hydrogens (tertiary/aromatic N) is 23. The van der Waals surface area contributed by atoms with Gasteiger partial charge >= 0.3 is 12.4 Å². The lowest BCUT2D eigenvalue weighted by molar-refractivity contribution is -0.138. The molecule has 658 valence electrons. The number of benzene rings is 6. The van der Waals surface area contributed by atoms with E-state index in [-0.39, 0.29) is 50.6 Å². The van der Waals surface area contributed by atoms with Crippen LogP contribution in [0.2, 0.25) is 0 Å². The molecule has 0 aliphatic heterocycles. The van der Waals surface area contributed by atoms with E-state index >= 15 is 0 Å². The van der Waals surface area contributed by atoms with Crippen LogP contribution in [0.4, 0.5) is 30.7 Å². The molecule has 0 unspecified atom stereocenters. The predicted molar refractivity (Wildman–Crippen MR) is 470 cm³/mol. The summed E-state index contributed by atoms with van der Waals surface area (Å²) in [7, 11) is 1.69. The Labute approximate surface area is 734 Å². The number of carbonyl (C=O) groups excluding carboxylic acids is 5. The SMILES string of the molecule is Cc1cc(-c2ncn(/C=C(/C(N)=O)c3cncc(F)c3)n2)cc(C(F)(F)F)c1.Cc1cc(-c2ncn(/C=C(/C(N)=O)c3cnn(C)c3)n2)cc(C(F)(F)F)c1.Cc1cc(C)cc(-c2ncn(/C=C(/C(N)=O)c3ccc4cn[nH]c4c3)n2)c1.Cc1cc(C)cc(-c2ncn(/C=C(/C(N)=O)c3ccnnc3)n2)c1.Cc1cc(C)cc(-c2ncn(/C=C(\C(N)=O)c3cncnc3)n2)c1. The van der Waals surface area contributed by atoms with Crippen molar-refractivity contribution in [1.82, 2.24) is 119 Å². The average molecular weight is 1770 g/mol. The molecule has 0 saturated heterocycles. The molecule has 0 aliphatic carbocycles. The van der Waals surface area contributed by atoms with E-state index in [1.165, 1.54) is 130 Å². The number of aromatic nitrogens is 24. The minimum atomic E-state index is -4.51. The Morgan fingerprint density at radius 1 is 0.354 bits per heavy atom. The Bertz CT molecular complexity index is 6840. The molecular formula is C89H78F7N29O5. The van der Waals surface area contributed by atoms with Crippen molar-refractivity contribution >= 4 is 99.3 Å². The van der Waals surface area contributed by atoms with Gasteiger partial charge < -0.3 is 28.7 Å². The maximum atomic E-state index is 13.4. The molecule has 34 nitrogen and oxygen atoms in total. The summed E-state index contributed by atoms with van der Waals surface area (Å²) >= 11 is 0. The van der Waals surface area contributed by atoms with Crippen molar-refractivity contribution in [3.05, 3.63) is 304 Å². The van der Waals surface area contributed by atoms with E-state index in [4.69, 9.17) is 28.7 Å². The van der Waals surface area contributed by atoms with Crippen LogP contribution < -0.4 is 28.7 Å². The third kappa shape index (κ3) is 24.3. The third-order valence-electron chi connectivity index (χ3n) is 18.5. The summed E-state index contributed by atoms with van der Waals surface area (Å²) in [4.78, 5) is 91.3. The molecule has 0 radical (unpaired) electrons. The molecule has 0 fully saturated rings. The van der Waals surface area contributed by atoms with E-state index in [1.54, 1.807) is 51.0 Å². The fourth-order valence-corrected chi connectivity index (χ4v) is 13.0. The fourth-order valence-electron chi connectivity index (χ4n) is 13.0. The smallest absolute Gasteiger partial charge is 0.366 e.